The minimum Gasteiger partial charge on any atom is -0.380 e. The highest BCUT2D eigenvalue weighted by Crippen LogP contribution is 2.14. The second-order valence-corrected chi connectivity index (χ2v) is 3.38. The van der Waals surface area contributed by atoms with Gasteiger partial charge in [0.05, 0.1) is 0 Å². The van der Waals surface area contributed by atoms with E-state index in [0.29, 0.717) is 0 Å². The van der Waals surface area contributed by atoms with Crippen molar-refractivity contribution in [1.29, 1.82) is 0 Å². The van der Waals surface area contributed by atoms with Gasteiger partial charge in [-0.15, -0.1) is 0 Å². The summed E-state index contributed by atoms with van der Waals surface area (Å²) >= 11 is 0. The molecule has 13 heavy (non-hydrogen) atoms. The topological polar surface area (TPSA) is 3.24 Å². The number of allylic oxidation sites excluding steroid dienone is 3. The van der Waals surface area contributed by atoms with Crippen LogP contribution >= 0.6 is 0 Å². The molecule has 0 bridgehead atoms. The number of nitrogens with zero attached hydrogens (tertiary/aromatic N) is 1. The van der Waals surface area contributed by atoms with E-state index >= 15 is 0 Å². The molecule has 0 aromatic carbocycles. The minimum atomic E-state index is 1.07. The maximum absolute atomic E-state index is 2.31. The van der Waals surface area contributed by atoms with E-state index in [-0.39, 0.29) is 0 Å². The zero-order valence-electron chi connectivity index (χ0n) is 9.72. The zero-order chi connectivity index (χ0) is 10.3. The van der Waals surface area contributed by atoms with E-state index in [9.17, 15) is 0 Å². The smallest absolute Gasteiger partial charge is 0.0140 e. The molecule has 0 amide bonds. The van der Waals surface area contributed by atoms with Gasteiger partial charge in [0.1, 0.15) is 0 Å². The summed E-state index contributed by atoms with van der Waals surface area (Å²) in [7, 11) is 2.11. The molecule has 0 atom stereocenters. The summed E-state index contributed by atoms with van der Waals surface area (Å²) in [5.41, 5.74) is 2.87. The molecule has 1 heteroatoms. The molecule has 0 saturated heterocycles. The molecule has 0 spiro atoms. The van der Waals surface area contributed by atoms with E-state index in [1.807, 2.05) is 0 Å². The van der Waals surface area contributed by atoms with E-state index < -0.39 is 0 Å². The van der Waals surface area contributed by atoms with Crippen LogP contribution in [0.4, 0.5) is 0 Å². The lowest BCUT2D eigenvalue weighted by atomic mass is 10.1. The summed E-state index contributed by atoms with van der Waals surface area (Å²) in [6.45, 7) is 9.83. The molecule has 0 saturated carbocycles. The Hall–Kier alpha value is -0.720. The highest BCUT2D eigenvalue weighted by molar-refractivity contribution is 5.28. The number of rotatable bonds is 5. The predicted octanol–water partition coefficient (Wildman–Crippen LogP) is 3.59. The monoisotopic (exact) mass is 181 g/mol. The van der Waals surface area contributed by atoms with Crippen molar-refractivity contribution in [3.8, 4) is 0 Å². The van der Waals surface area contributed by atoms with Crippen LogP contribution in [-0.4, -0.2) is 18.5 Å². The number of hydrogen-bond donors (Lipinski definition) is 0. The van der Waals surface area contributed by atoms with Crippen molar-refractivity contribution >= 4 is 0 Å². The van der Waals surface area contributed by atoms with Crippen LogP contribution in [0.2, 0.25) is 0 Å². The van der Waals surface area contributed by atoms with Crippen molar-refractivity contribution in [1.82, 2.24) is 4.90 Å². The standard InChI is InChI=1S/C12H23N/c1-6-9-12(7-2)11(4)10-13(5)8-3/h9-10H,6-8H2,1-5H3/b11-10+,12-9-. The Morgan fingerprint density at radius 2 is 1.85 bits per heavy atom. The van der Waals surface area contributed by atoms with Gasteiger partial charge in [0.25, 0.3) is 0 Å². The minimum absolute atomic E-state index is 1.07. The molecule has 0 fully saturated rings. The molecule has 0 aliphatic heterocycles. The van der Waals surface area contributed by atoms with Gasteiger partial charge in [-0.2, -0.15) is 0 Å². The first-order chi connectivity index (χ1) is 6.15. The first-order valence-corrected chi connectivity index (χ1v) is 5.23. The van der Waals surface area contributed by atoms with Crippen LogP contribution < -0.4 is 0 Å². The normalized spacial score (nSPS) is 13.3. The molecule has 0 unspecified atom stereocenters. The quantitative estimate of drug-likeness (QED) is 0.586. The Labute approximate surface area is 83.1 Å². The third-order valence-corrected chi connectivity index (χ3v) is 2.25. The van der Waals surface area contributed by atoms with Crippen molar-refractivity contribution in [3.63, 3.8) is 0 Å². The average molecular weight is 181 g/mol. The summed E-state index contributed by atoms with van der Waals surface area (Å²) in [5.74, 6) is 0. The second-order valence-electron chi connectivity index (χ2n) is 3.38. The summed E-state index contributed by atoms with van der Waals surface area (Å²) < 4.78 is 0. The van der Waals surface area contributed by atoms with Crippen LogP contribution in [0.25, 0.3) is 0 Å². The van der Waals surface area contributed by atoms with Gasteiger partial charge in [-0.25, -0.2) is 0 Å². The Balaban J connectivity index is 4.44. The number of hydrogen-bond acceptors (Lipinski definition) is 1. The average Bonchev–Trinajstić information content (AvgIpc) is 2.13. The molecule has 0 aromatic rings. The van der Waals surface area contributed by atoms with E-state index in [1.165, 1.54) is 11.1 Å². The van der Waals surface area contributed by atoms with Gasteiger partial charge < -0.3 is 4.90 Å². The Bertz CT molecular complexity index is 189. The molecule has 0 radical (unpaired) electrons. The first-order valence-electron chi connectivity index (χ1n) is 5.23. The third-order valence-electron chi connectivity index (χ3n) is 2.25. The summed E-state index contributed by atoms with van der Waals surface area (Å²) in [6.07, 6.45) is 6.80. The molecule has 0 aliphatic rings. The largest absolute Gasteiger partial charge is 0.380 e. The molecule has 76 valence electrons. The molecule has 0 rings (SSSR count). The Morgan fingerprint density at radius 1 is 1.23 bits per heavy atom. The maximum Gasteiger partial charge on any atom is 0.0140 e. The molecular weight excluding hydrogens is 158 g/mol. The van der Waals surface area contributed by atoms with Crippen molar-refractivity contribution in [2.45, 2.75) is 40.5 Å². The lowest BCUT2D eigenvalue weighted by Gasteiger charge is -2.13. The van der Waals surface area contributed by atoms with Crippen LogP contribution in [0.5, 0.6) is 0 Å². The molecule has 0 aromatic heterocycles. The SMILES string of the molecule is CC/C=C(CC)\C(C)=C\N(C)CC. The third kappa shape index (κ3) is 4.76. The van der Waals surface area contributed by atoms with Crippen molar-refractivity contribution in [2.24, 2.45) is 0 Å². The van der Waals surface area contributed by atoms with Gasteiger partial charge in [-0.1, -0.05) is 19.9 Å². The van der Waals surface area contributed by atoms with Crippen LogP contribution in [0.1, 0.15) is 40.5 Å². The second kappa shape index (κ2) is 6.76. The van der Waals surface area contributed by atoms with Crippen LogP contribution in [0.3, 0.4) is 0 Å². The van der Waals surface area contributed by atoms with Gasteiger partial charge in [-0.05, 0) is 37.8 Å². The van der Waals surface area contributed by atoms with E-state index in [0.717, 1.165) is 19.4 Å². The van der Waals surface area contributed by atoms with Gasteiger partial charge in [-0.3, -0.25) is 0 Å². The van der Waals surface area contributed by atoms with Gasteiger partial charge in [0, 0.05) is 19.8 Å². The summed E-state index contributed by atoms with van der Waals surface area (Å²) in [5, 5.41) is 0. The predicted molar refractivity (Wildman–Crippen MR) is 60.7 cm³/mol. The van der Waals surface area contributed by atoms with E-state index in [1.54, 1.807) is 0 Å². The fourth-order valence-electron chi connectivity index (χ4n) is 1.34. The van der Waals surface area contributed by atoms with Crippen molar-refractivity contribution < 1.29 is 0 Å². The van der Waals surface area contributed by atoms with Crippen LogP contribution in [0.15, 0.2) is 23.4 Å². The van der Waals surface area contributed by atoms with Crippen molar-refractivity contribution in [2.75, 3.05) is 13.6 Å². The Morgan fingerprint density at radius 3 is 2.23 bits per heavy atom. The highest BCUT2D eigenvalue weighted by atomic mass is 15.1. The molecule has 0 heterocycles. The van der Waals surface area contributed by atoms with Gasteiger partial charge in [0.15, 0.2) is 0 Å². The van der Waals surface area contributed by atoms with Crippen LogP contribution in [-0.2, 0) is 0 Å². The lowest BCUT2D eigenvalue weighted by Crippen LogP contribution is -2.10. The fourth-order valence-corrected chi connectivity index (χ4v) is 1.34. The van der Waals surface area contributed by atoms with Crippen molar-refractivity contribution in [3.05, 3.63) is 23.4 Å². The molecule has 0 aliphatic carbocycles. The van der Waals surface area contributed by atoms with Gasteiger partial charge in [0.2, 0.25) is 0 Å². The van der Waals surface area contributed by atoms with Crippen LogP contribution in [0, 0.1) is 0 Å². The lowest BCUT2D eigenvalue weighted by molar-refractivity contribution is 0.480. The van der Waals surface area contributed by atoms with E-state index in [2.05, 4.69) is 51.9 Å². The summed E-state index contributed by atoms with van der Waals surface area (Å²) in [4.78, 5) is 2.22. The first kappa shape index (κ1) is 12.3. The van der Waals surface area contributed by atoms with E-state index in [4.69, 9.17) is 0 Å². The Kier molecular flexibility index (Phi) is 6.38. The molecule has 1 nitrogen and oxygen atoms in total. The highest BCUT2D eigenvalue weighted by Gasteiger charge is 1.97. The zero-order valence-corrected chi connectivity index (χ0v) is 9.72. The molecular formula is C12H23N. The molecule has 0 N–H and O–H groups in total. The van der Waals surface area contributed by atoms with Gasteiger partial charge >= 0.3 is 0 Å². The fraction of sp³-hybridized carbons (Fsp3) is 0.667. The maximum atomic E-state index is 2.31. The summed E-state index contributed by atoms with van der Waals surface area (Å²) in [6, 6.07) is 0.